The van der Waals surface area contributed by atoms with E-state index in [-0.39, 0.29) is 10.9 Å². The summed E-state index contributed by atoms with van der Waals surface area (Å²) in [6.45, 7) is 4.95. The first-order valence-corrected chi connectivity index (χ1v) is 14.7. The first kappa shape index (κ1) is 27.1. The predicted octanol–water partition coefficient (Wildman–Crippen LogP) is 7.18. The molecule has 0 radical (unpaired) electrons. The van der Waals surface area contributed by atoms with Gasteiger partial charge in [0.15, 0.2) is 0 Å². The van der Waals surface area contributed by atoms with E-state index in [2.05, 4.69) is 41.2 Å². The average molecular weight is 515 g/mol. The van der Waals surface area contributed by atoms with E-state index in [0.717, 1.165) is 55.3 Å². The molecule has 0 saturated heterocycles. The lowest BCUT2D eigenvalue weighted by atomic mass is 9.93. The van der Waals surface area contributed by atoms with Crippen molar-refractivity contribution in [2.45, 2.75) is 62.9 Å². The second-order valence-electron chi connectivity index (χ2n) is 9.94. The molecule has 194 valence electrons. The number of nitrogens with one attached hydrogen (secondary N) is 2. The Hall–Kier alpha value is -2.99. The van der Waals surface area contributed by atoms with Crippen LogP contribution in [0.2, 0.25) is 0 Å². The van der Waals surface area contributed by atoms with E-state index in [9.17, 15) is 8.42 Å². The van der Waals surface area contributed by atoms with Crippen LogP contribution in [0.3, 0.4) is 0 Å². The summed E-state index contributed by atoms with van der Waals surface area (Å²) in [5.41, 5.74) is 5.99. The van der Waals surface area contributed by atoms with Crippen LogP contribution in [0.25, 0.3) is 0 Å². The zero-order valence-corrected chi connectivity index (χ0v) is 22.7. The summed E-state index contributed by atoms with van der Waals surface area (Å²) in [5.74, 6) is 0. The Morgan fingerprint density at radius 3 is 1.95 bits per heavy atom. The highest BCUT2D eigenvalue weighted by molar-refractivity contribution is 7.89. The monoisotopic (exact) mass is 514 g/mol. The van der Waals surface area contributed by atoms with E-state index in [1.165, 1.54) is 11.1 Å². The molecular formula is C32H38N2O2S. The SMILES string of the molecule is CC1=CCC(CCCCN[C@H](c2ccccc2)[C@@H](NS(=O)(=O)c2ccc(C)cc2)c2ccccc2)=CC1. The molecule has 0 unspecified atom stereocenters. The average Bonchev–Trinajstić information content (AvgIpc) is 2.92. The van der Waals surface area contributed by atoms with Gasteiger partial charge in [0.05, 0.1) is 17.0 Å². The molecular weight excluding hydrogens is 476 g/mol. The quantitative estimate of drug-likeness (QED) is 0.199. The van der Waals surface area contributed by atoms with Crippen LogP contribution in [-0.4, -0.2) is 15.0 Å². The zero-order chi connectivity index (χ0) is 26.1. The topological polar surface area (TPSA) is 58.2 Å². The molecule has 3 aromatic carbocycles. The second kappa shape index (κ2) is 13.0. The minimum atomic E-state index is -3.73. The standard InChI is InChI=1S/C32H38N2O2S/c1-25-16-20-27(21-17-25)11-9-10-24-33-31(28-12-5-3-6-13-28)32(29-14-7-4-8-15-29)34-37(35,36)30-22-18-26(2)19-23-30/h3-8,12-16,18-19,21-23,31-34H,9-11,17,20,24H2,1-2H3/t31-,32+/m1/s1. The van der Waals surface area contributed by atoms with Crippen LogP contribution in [0.5, 0.6) is 0 Å². The van der Waals surface area contributed by atoms with Crippen molar-refractivity contribution >= 4 is 10.0 Å². The highest BCUT2D eigenvalue weighted by atomic mass is 32.2. The maximum atomic E-state index is 13.5. The first-order chi connectivity index (χ1) is 17.9. The van der Waals surface area contributed by atoms with Gasteiger partial charge in [-0.05, 0) is 75.8 Å². The summed E-state index contributed by atoms with van der Waals surface area (Å²) in [4.78, 5) is 0.274. The van der Waals surface area contributed by atoms with E-state index in [0.29, 0.717) is 0 Å². The molecule has 4 rings (SSSR count). The summed E-state index contributed by atoms with van der Waals surface area (Å²) in [7, 11) is -3.73. The normalized spacial score (nSPS) is 15.5. The first-order valence-electron chi connectivity index (χ1n) is 13.2. The van der Waals surface area contributed by atoms with Gasteiger partial charge in [0, 0.05) is 0 Å². The largest absolute Gasteiger partial charge is 0.308 e. The fourth-order valence-electron chi connectivity index (χ4n) is 4.75. The molecule has 5 heteroatoms. The molecule has 2 atom stereocenters. The molecule has 37 heavy (non-hydrogen) atoms. The minimum Gasteiger partial charge on any atom is -0.308 e. The molecule has 1 aliphatic rings. The summed E-state index contributed by atoms with van der Waals surface area (Å²) in [6.07, 6.45) is 10.1. The highest BCUT2D eigenvalue weighted by Gasteiger charge is 2.29. The lowest BCUT2D eigenvalue weighted by Crippen LogP contribution is -2.39. The van der Waals surface area contributed by atoms with Gasteiger partial charge in [0.1, 0.15) is 0 Å². The lowest BCUT2D eigenvalue weighted by molar-refractivity contribution is 0.417. The van der Waals surface area contributed by atoms with Crippen LogP contribution in [-0.2, 0) is 10.0 Å². The number of allylic oxidation sites excluding steroid dienone is 4. The third-order valence-corrected chi connectivity index (χ3v) is 8.44. The summed E-state index contributed by atoms with van der Waals surface area (Å²) < 4.78 is 30.0. The molecule has 0 aromatic heterocycles. The van der Waals surface area contributed by atoms with Gasteiger partial charge in [-0.2, -0.15) is 0 Å². The fraction of sp³-hybridized carbons (Fsp3) is 0.312. The van der Waals surface area contributed by atoms with Gasteiger partial charge in [-0.25, -0.2) is 13.1 Å². The number of aryl methyl sites for hydroxylation is 1. The van der Waals surface area contributed by atoms with Gasteiger partial charge in [-0.15, -0.1) is 0 Å². The number of unbranched alkanes of at least 4 members (excludes halogenated alkanes) is 1. The van der Waals surface area contributed by atoms with E-state index in [1.54, 1.807) is 12.1 Å². The molecule has 4 nitrogen and oxygen atoms in total. The van der Waals surface area contributed by atoms with Crippen molar-refractivity contribution in [2.75, 3.05) is 6.54 Å². The van der Waals surface area contributed by atoms with Gasteiger partial charge in [-0.1, -0.05) is 102 Å². The number of benzene rings is 3. The Morgan fingerprint density at radius 1 is 0.730 bits per heavy atom. The molecule has 0 spiro atoms. The van der Waals surface area contributed by atoms with Crippen LogP contribution in [0.15, 0.2) is 113 Å². The number of hydrogen-bond acceptors (Lipinski definition) is 3. The number of rotatable bonds is 12. The number of sulfonamides is 1. The second-order valence-corrected chi connectivity index (χ2v) is 11.7. The van der Waals surface area contributed by atoms with Gasteiger partial charge in [0.25, 0.3) is 0 Å². The maximum absolute atomic E-state index is 13.5. The molecule has 1 aliphatic carbocycles. The van der Waals surface area contributed by atoms with Crippen molar-refractivity contribution < 1.29 is 8.42 Å². The fourth-order valence-corrected chi connectivity index (χ4v) is 5.98. The van der Waals surface area contributed by atoms with Crippen molar-refractivity contribution in [1.29, 1.82) is 0 Å². The van der Waals surface area contributed by atoms with Crippen LogP contribution in [0.1, 0.15) is 67.8 Å². The van der Waals surface area contributed by atoms with Gasteiger partial charge in [0.2, 0.25) is 10.0 Å². The molecule has 0 fully saturated rings. The third-order valence-electron chi connectivity index (χ3n) is 6.98. The molecule has 0 amide bonds. The summed E-state index contributed by atoms with van der Waals surface area (Å²) in [6, 6.07) is 26.3. The predicted molar refractivity (Wildman–Crippen MR) is 153 cm³/mol. The van der Waals surface area contributed by atoms with Crippen LogP contribution >= 0.6 is 0 Å². The molecule has 2 N–H and O–H groups in total. The van der Waals surface area contributed by atoms with Crippen LogP contribution in [0.4, 0.5) is 0 Å². The summed E-state index contributed by atoms with van der Waals surface area (Å²) in [5, 5.41) is 3.70. The van der Waals surface area contributed by atoms with Crippen LogP contribution < -0.4 is 10.0 Å². The third kappa shape index (κ3) is 7.75. The van der Waals surface area contributed by atoms with E-state index in [1.807, 2.05) is 67.6 Å². The van der Waals surface area contributed by atoms with Gasteiger partial charge < -0.3 is 5.32 Å². The van der Waals surface area contributed by atoms with Crippen molar-refractivity contribution in [3.05, 3.63) is 125 Å². The smallest absolute Gasteiger partial charge is 0.241 e. The Morgan fingerprint density at radius 2 is 1.35 bits per heavy atom. The Kier molecular flexibility index (Phi) is 9.51. The Bertz CT molecular complexity index is 1300. The van der Waals surface area contributed by atoms with Gasteiger partial charge in [-0.3, -0.25) is 0 Å². The molecule has 0 saturated carbocycles. The summed E-state index contributed by atoms with van der Waals surface area (Å²) >= 11 is 0. The zero-order valence-electron chi connectivity index (χ0n) is 21.9. The molecule has 0 aliphatic heterocycles. The van der Waals surface area contributed by atoms with Crippen molar-refractivity contribution in [3.8, 4) is 0 Å². The highest BCUT2D eigenvalue weighted by Crippen LogP contribution is 2.31. The van der Waals surface area contributed by atoms with E-state index in [4.69, 9.17) is 0 Å². The minimum absolute atomic E-state index is 0.219. The maximum Gasteiger partial charge on any atom is 0.241 e. The molecule has 0 bridgehead atoms. The molecule has 0 heterocycles. The lowest BCUT2D eigenvalue weighted by Gasteiger charge is -2.30. The Balaban J connectivity index is 1.53. The molecule has 3 aromatic rings. The van der Waals surface area contributed by atoms with Crippen molar-refractivity contribution in [2.24, 2.45) is 0 Å². The van der Waals surface area contributed by atoms with Crippen molar-refractivity contribution in [3.63, 3.8) is 0 Å². The van der Waals surface area contributed by atoms with E-state index >= 15 is 0 Å². The Labute approximate surface area is 222 Å². The number of hydrogen-bond donors (Lipinski definition) is 2. The van der Waals surface area contributed by atoms with Gasteiger partial charge >= 0.3 is 0 Å². The van der Waals surface area contributed by atoms with Crippen molar-refractivity contribution in [1.82, 2.24) is 10.0 Å². The van der Waals surface area contributed by atoms with Crippen LogP contribution in [0, 0.1) is 6.92 Å². The van der Waals surface area contributed by atoms with E-state index < -0.39 is 16.1 Å².